The van der Waals surface area contributed by atoms with Gasteiger partial charge in [-0.1, -0.05) is 26.0 Å². The van der Waals surface area contributed by atoms with Crippen molar-refractivity contribution in [3.05, 3.63) is 34.7 Å². The molecule has 0 saturated carbocycles. The van der Waals surface area contributed by atoms with Crippen LogP contribution in [0.1, 0.15) is 30.9 Å². The summed E-state index contributed by atoms with van der Waals surface area (Å²) in [7, 11) is 0. The molecule has 0 fully saturated rings. The first kappa shape index (κ1) is 11.1. The van der Waals surface area contributed by atoms with Crippen LogP contribution in [-0.2, 0) is 0 Å². The number of benzene rings is 1. The van der Waals surface area contributed by atoms with Crippen molar-refractivity contribution in [2.75, 3.05) is 5.73 Å². The Bertz CT molecular complexity index is 500. The van der Waals surface area contributed by atoms with Gasteiger partial charge in [-0.3, -0.25) is 0 Å². The Morgan fingerprint density at radius 2 is 2.06 bits per heavy atom. The summed E-state index contributed by atoms with van der Waals surface area (Å²) in [5.41, 5.74) is 9.46. The second-order valence-corrected chi connectivity index (χ2v) is 5.16. The summed E-state index contributed by atoms with van der Waals surface area (Å²) in [4.78, 5) is 4.34. The van der Waals surface area contributed by atoms with Gasteiger partial charge in [0.15, 0.2) is 0 Å². The van der Waals surface area contributed by atoms with Crippen LogP contribution in [0, 0.1) is 6.92 Å². The van der Waals surface area contributed by atoms with Crippen molar-refractivity contribution >= 4 is 17.2 Å². The molecule has 1 heterocycles. The van der Waals surface area contributed by atoms with Crippen molar-refractivity contribution in [3.8, 4) is 10.6 Å². The zero-order valence-electron chi connectivity index (χ0n) is 9.82. The Morgan fingerprint density at radius 3 is 2.62 bits per heavy atom. The number of nitrogen functional groups attached to an aromatic ring is 1. The Kier molecular flexibility index (Phi) is 2.97. The maximum atomic E-state index is 5.66. The lowest BCUT2D eigenvalue weighted by molar-refractivity contribution is 0.866. The molecule has 0 aliphatic rings. The van der Waals surface area contributed by atoms with Crippen LogP contribution in [0.2, 0.25) is 0 Å². The number of hydrogen-bond donors (Lipinski definition) is 1. The molecule has 2 N–H and O–H groups in total. The van der Waals surface area contributed by atoms with Gasteiger partial charge in [-0.2, -0.15) is 0 Å². The van der Waals surface area contributed by atoms with Gasteiger partial charge in [-0.05, 0) is 30.0 Å². The molecule has 0 atom stereocenters. The maximum absolute atomic E-state index is 5.66. The fourth-order valence-electron chi connectivity index (χ4n) is 1.64. The van der Waals surface area contributed by atoms with Crippen LogP contribution in [-0.4, -0.2) is 4.98 Å². The molecule has 2 aromatic rings. The third-order valence-corrected chi connectivity index (χ3v) is 3.57. The molecule has 0 unspecified atom stereocenters. The summed E-state index contributed by atoms with van der Waals surface area (Å²) >= 11 is 1.60. The number of thiazole rings is 1. The number of rotatable bonds is 2. The summed E-state index contributed by atoms with van der Waals surface area (Å²) in [6, 6.07) is 6.56. The van der Waals surface area contributed by atoms with E-state index in [4.69, 9.17) is 5.73 Å². The van der Waals surface area contributed by atoms with Crippen LogP contribution in [0.25, 0.3) is 10.6 Å². The molecule has 0 saturated heterocycles. The zero-order valence-corrected chi connectivity index (χ0v) is 10.6. The highest BCUT2D eigenvalue weighted by atomic mass is 32.1. The van der Waals surface area contributed by atoms with E-state index in [0.29, 0.717) is 11.7 Å². The van der Waals surface area contributed by atoms with Crippen molar-refractivity contribution in [1.82, 2.24) is 4.98 Å². The summed E-state index contributed by atoms with van der Waals surface area (Å²) in [6.45, 7) is 6.51. The standard InChI is InChI=1S/C13H16N2S/c1-8(2)10-5-4-9(3)11(6-10)13-15-12(14)7-16-13/h4-8H,14H2,1-3H3. The number of aryl methyl sites for hydroxylation is 1. The molecule has 2 rings (SSSR count). The van der Waals surface area contributed by atoms with Gasteiger partial charge in [-0.15, -0.1) is 11.3 Å². The lowest BCUT2D eigenvalue weighted by atomic mass is 9.98. The highest BCUT2D eigenvalue weighted by molar-refractivity contribution is 7.13. The Hall–Kier alpha value is -1.35. The van der Waals surface area contributed by atoms with Gasteiger partial charge in [0, 0.05) is 10.9 Å². The molecule has 0 amide bonds. The van der Waals surface area contributed by atoms with E-state index >= 15 is 0 Å². The van der Waals surface area contributed by atoms with Crippen molar-refractivity contribution in [2.24, 2.45) is 0 Å². The molecule has 0 bridgehead atoms. The van der Waals surface area contributed by atoms with Gasteiger partial charge in [-0.25, -0.2) is 4.98 Å². The van der Waals surface area contributed by atoms with E-state index in [1.54, 1.807) is 11.3 Å². The van der Waals surface area contributed by atoms with Gasteiger partial charge < -0.3 is 5.73 Å². The second kappa shape index (κ2) is 4.26. The van der Waals surface area contributed by atoms with Crippen LogP contribution in [0.15, 0.2) is 23.6 Å². The van der Waals surface area contributed by atoms with E-state index in [0.717, 1.165) is 5.01 Å². The summed E-state index contributed by atoms with van der Waals surface area (Å²) < 4.78 is 0. The van der Waals surface area contributed by atoms with Crippen LogP contribution in [0.3, 0.4) is 0 Å². The van der Waals surface area contributed by atoms with E-state index in [1.165, 1.54) is 16.7 Å². The van der Waals surface area contributed by atoms with E-state index in [2.05, 4.69) is 44.0 Å². The molecule has 0 aliphatic carbocycles. The lowest BCUT2D eigenvalue weighted by Crippen LogP contribution is -1.91. The molecule has 0 aliphatic heterocycles. The summed E-state index contributed by atoms with van der Waals surface area (Å²) in [5.74, 6) is 1.14. The van der Waals surface area contributed by atoms with E-state index in [-0.39, 0.29) is 0 Å². The Balaban J connectivity index is 2.51. The van der Waals surface area contributed by atoms with E-state index in [9.17, 15) is 0 Å². The number of anilines is 1. The van der Waals surface area contributed by atoms with E-state index in [1.807, 2.05) is 5.38 Å². The van der Waals surface area contributed by atoms with Crippen LogP contribution in [0.5, 0.6) is 0 Å². The average Bonchev–Trinajstić information content (AvgIpc) is 2.65. The SMILES string of the molecule is Cc1ccc(C(C)C)cc1-c1nc(N)cs1. The minimum atomic E-state index is 0.539. The first-order valence-electron chi connectivity index (χ1n) is 5.40. The largest absolute Gasteiger partial charge is 0.383 e. The molecular formula is C13H16N2S. The molecule has 1 aromatic heterocycles. The molecule has 0 spiro atoms. The minimum Gasteiger partial charge on any atom is -0.383 e. The van der Waals surface area contributed by atoms with Crippen LogP contribution >= 0.6 is 11.3 Å². The monoisotopic (exact) mass is 232 g/mol. The number of aromatic nitrogens is 1. The highest BCUT2D eigenvalue weighted by Crippen LogP contribution is 2.30. The minimum absolute atomic E-state index is 0.539. The maximum Gasteiger partial charge on any atom is 0.135 e. The third kappa shape index (κ3) is 2.09. The normalized spacial score (nSPS) is 11.0. The molecule has 2 nitrogen and oxygen atoms in total. The van der Waals surface area contributed by atoms with Gasteiger partial charge in [0.1, 0.15) is 10.8 Å². The quantitative estimate of drug-likeness (QED) is 0.854. The first-order chi connectivity index (χ1) is 7.58. The van der Waals surface area contributed by atoms with Gasteiger partial charge in [0.25, 0.3) is 0 Å². The molecule has 84 valence electrons. The predicted molar refractivity (Wildman–Crippen MR) is 70.8 cm³/mol. The van der Waals surface area contributed by atoms with Crippen molar-refractivity contribution < 1.29 is 0 Å². The molecular weight excluding hydrogens is 216 g/mol. The summed E-state index contributed by atoms with van der Waals surface area (Å²) in [6.07, 6.45) is 0. The average molecular weight is 232 g/mol. The molecule has 0 radical (unpaired) electrons. The van der Waals surface area contributed by atoms with E-state index < -0.39 is 0 Å². The molecule has 3 heteroatoms. The topological polar surface area (TPSA) is 38.9 Å². The van der Waals surface area contributed by atoms with Crippen LogP contribution < -0.4 is 5.73 Å². The Labute approximate surface area is 100 Å². The number of nitrogens with zero attached hydrogens (tertiary/aromatic N) is 1. The number of hydrogen-bond acceptors (Lipinski definition) is 3. The second-order valence-electron chi connectivity index (χ2n) is 4.31. The fourth-order valence-corrected chi connectivity index (χ4v) is 2.43. The lowest BCUT2D eigenvalue weighted by Gasteiger charge is -2.09. The third-order valence-electron chi connectivity index (χ3n) is 2.68. The van der Waals surface area contributed by atoms with Crippen LogP contribution in [0.4, 0.5) is 5.82 Å². The molecule has 1 aromatic carbocycles. The summed E-state index contributed by atoms with van der Waals surface area (Å²) in [5, 5.41) is 2.90. The predicted octanol–water partition coefficient (Wildman–Crippen LogP) is 3.82. The van der Waals surface area contributed by atoms with Gasteiger partial charge in [0.2, 0.25) is 0 Å². The van der Waals surface area contributed by atoms with Gasteiger partial charge in [0.05, 0.1) is 0 Å². The first-order valence-corrected chi connectivity index (χ1v) is 6.28. The smallest absolute Gasteiger partial charge is 0.135 e. The van der Waals surface area contributed by atoms with Gasteiger partial charge >= 0.3 is 0 Å². The number of nitrogens with two attached hydrogens (primary N) is 1. The highest BCUT2D eigenvalue weighted by Gasteiger charge is 2.08. The van der Waals surface area contributed by atoms with Crippen molar-refractivity contribution in [3.63, 3.8) is 0 Å². The molecule has 16 heavy (non-hydrogen) atoms. The van der Waals surface area contributed by atoms with Crippen molar-refractivity contribution in [1.29, 1.82) is 0 Å². The Morgan fingerprint density at radius 1 is 1.31 bits per heavy atom. The zero-order chi connectivity index (χ0) is 11.7. The van der Waals surface area contributed by atoms with Crippen molar-refractivity contribution in [2.45, 2.75) is 26.7 Å². The fraction of sp³-hybridized carbons (Fsp3) is 0.308.